The van der Waals surface area contributed by atoms with Crippen molar-refractivity contribution < 1.29 is 14.4 Å². The highest BCUT2D eigenvalue weighted by molar-refractivity contribution is 8.14. The van der Waals surface area contributed by atoms with Crippen molar-refractivity contribution in [2.24, 2.45) is 0 Å². The van der Waals surface area contributed by atoms with E-state index in [1.807, 2.05) is 24.3 Å². The maximum Gasteiger partial charge on any atom is 0.216 e. The van der Waals surface area contributed by atoms with Gasteiger partial charge in [0.1, 0.15) is 0 Å². The van der Waals surface area contributed by atoms with Crippen LogP contribution in [-0.4, -0.2) is 16.0 Å². The summed E-state index contributed by atoms with van der Waals surface area (Å²) in [6.45, 7) is 6.86. The van der Waals surface area contributed by atoms with E-state index in [0.29, 0.717) is 5.56 Å². The van der Waals surface area contributed by atoms with Crippen LogP contribution in [0.25, 0.3) is 6.08 Å². The predicted octanol–water partition coefficient (Wildman–Crippen LogP) is 5.19. The van der Waals surface area contributed by atoms with Gasteiger partial charge >= 0.3 is 0 Å². The molecular formula is C21H16O3S2. The number of hydrogen-bond donors (Lipinski definition) is 0. The number of rotatable bonds is 7. The van der Waals surface area contributed by atoms with E-state index in [2.05, 4.69) is 13.2 Å². The van der Waals surface area contributed by atoms with Crippen molar-refractivity contribution in [3.8, 4) is 0 Å². The number of ketones is 1. The third-order valence-electron chi connectivity index (χ3n) is 3.22. The molecule has 2 aromatic rings. The van der Waals surface area contributed by atoms with Crippen LogP contribution in [0.15, 0.2) is 89.7 Å². The lowest BCUT2D eigenvalue weighted by molar-refractivity contribution is -0.107. The van der Waals surface area contributed by atoms with E-state index < -0.39 is 0 Å². The Morgan fingerprint density at radius 3 is 1.65 bits per heavy atom. The van der Waals surface area contributed by atoms with Crippen LogP contribution in [0.5, 0.6) is 0 Å². The summed E-state index contributed by atoms with van der Waals surface area (Å²) in [4.78, 5) is 36.4. The molecule has 0 spiro atoms. The third kappa shape index (κ3) is 6.02. The first kappa shape index (κ1) is 19.7. The molecule has 0 aromatic heterocycles. The zero-order valence-corrected chi connectivity index (χ0v) is 15.5. The van der Waals surface area contributed by atoms with Crippen molar-refractivity contribution in [2.75, 3.05) is 0 Å². The van der Waals surface area contributed by atoms with Crippen molar-refractivity contribution in [3.63, 3.8) is 0 Å². The monoisotopic (exact) mass is 380 g/mol. The van der Waals surface area contributed by atoms with Crippen LogP contribution in [0.4, 0.5) is 0 Å². The van der Waals surface area contributed by atoms with E-state index in [1.54, 1.807) is 30.3 Å². The fourth-order valence-electron chi connectivity index (χ4n) is 1.92. The third-order valence-corrected chi connectivity index (χ3v) is 4.97. The molecule has 0 atom stereocenters. The Kier molecular flexibility index (Phi) is 7.38. The lowest BCUT2D eigenvalue weighted by Gasteiger charge is -2.00. The number of allylic oxidation sites excluding steroid dienone is 1. The first-order chi connectivity index (χ1) is 12.5. The molecule has 0 bridgehead atoms. The molecule has 2 rings (SSSR count). The summed E-state index contributed by atoms with van der Waals surface area (Å²) < 4.78 is 0. The fraction of sp³-hybridized carbons (Fsp3) is 0. The molecule has 0 fully saturated rings. The van der Waals surface area contributed by atoms with Gasteiger partial charge in [-0.2, -0.15) is 0 Å². The van der Waals surface area contributed by atoms with Crippen LogP contribution < -0.4 is 0 Å². The van der Waals surface area contributed by atoms with Gasteiger partial charge in [-0.25, -0.2) is 0 Å². The second kappa shape index (κ2) is 9.75. The molecule has 0 saturated heterocycles. The predicted molar refractivity (Wildman–Crippen MR) is 108 cm³/mol. The van der Waals surface area contributed by atoms with E-state index in [0.717, 1.165) is 38.9 Å². The van der Waals surface area contributed by atoms with Gasteiger partial charge in [-0.15, -0.1) is 0 Å². The van der Waals surface area contributed by atoms with Crippen LogP contribution in [0.3, 0.4) is 0 Å². The maximum atomic E-state index is 12.2. The number of thioether (sulfide) groups is 2. The van der Waals surface area contributed by atoms with Gasteiger partial charge in [-0.3, -0.25) is 14.4 Å². The highest BCUT2D eigenvalue weighted by Crippen LogP contribution is 2.21. The van der Waals surface area contributed by atoms with Gasteiger partial charge in [-0.05, 0) is 83.7 Å². The lowest BCUT2D eigenvalue weighted by Crippen LogP contribution is -1.94. The molecule has 0 unspecified atom stereocenters. The standard InChI is InChI=1S/C21H16O3S2/c1-3-20(23)25-17-10-5-15(6-11-17)7-14-19(22)16-8-12-18(13-9-16)26-21(24)4-2/h3-14H,1-2H2/b14-7+. The first-order valence-corrected chi connectivity index (χ1v) is 9.26. The Balaban J connectivity index is 2.00. The smallest absolute Gasteiger partial charge is 0.216 e. The SMILES string of the molecule is C=CC(=O)Sc1ccc(/C=C/C(=O)c2ccc(SC(=O)C=C)cc2)cc1. The number of carbonyl (C=O) groups excluding carboxylic acids is 3. The van der Waals surface area contributed by atoms with E-state index in [-0.39, 0.29) is 16.0 Å². The number of benzene rings is 2. The van der Waals surface area contributed by atoms with Gasteiger partial charge in [0, 0.05) is 15.4 Å². The maximum absolute atomic E-state index is 12.2. The summed E-state index contributed by atoms with van der Waals surface area (Å²) in [5.74, 6) is -0.128. The van der Waals surface area contributed by atoms with E-state index in [9.17, 15) is 14.4 Å². The van der Waals surface area contributed by atoms with E-state index >= 15 is 0 Å². The van der Waals surface area contributed by atoms with Crippen LogP contribution in [0, 0.1) is 0 Å². The Labute approximate surface area is 160 Å². The molecule has 0 heterocycles. The van der Waals surface area contributed by atoms with E-state index in [4.69, 9.17) is 0 Å². The Morgan fingerprint density at radius 1 is 0.731 bits per heavy atom. The van der Waals surface area contributed by atoms with Crippen molar-refractivity contribution >= 4 is 45.6 Å². The number of hydrogen-bond acceptors (Lipinski definition) is 5. The summed E-state index contributed by atoms with van der Waals surface area (Å²) in [6.07, 6.45) is 5.74. The summed E-state index contributed by atoms with van der Waals surface area (Å²) in [5.41, 5.74) is 1.40. The van der Waals surface area contributed by atoms with Crippen LogP contribution in [0.2, 0.25) is 0 Å². The lowest BCUT2D eigenvalue weighted by atomic mass is 10.1. The molecule has 0 aliphatic carbocycles. The molecule has 26 heavy (non-hydrogen) atoms. The Morgan fingerprint density at radius 2 is 1.19 bits per heavy atom. The van der Waals surface area contributed by atoms with E-state index in [1.165, 1.54) is 18.2 Å². The molecule has 130 valence electrons. The molecule has 2 aromatic carbocycles. The summed E-state index contributed by atoms with van der Waals surface area (Å²) in [5, 5.41) is -0.250. The highest BCUT2D eigenvalue weighted by atomic mass is 32.2. The molecular weight excluding hydrogens is 364 g/mol. The minimum atomic E-state index is -0.139. The summed E-state index contributed by atoms with van der Waals surface area (Å²) >= 11 is 2.16. The summed E-state index contributed by atoms with van der Waals surface area (Å²) in [7, 11) is 0. The largest absolute Gasteiger partial charge is 0.289 e. The number of carbonyl (C=O) groups is 3. The molecule has 0 saturated carbocycles. The normalized spacial score (nSPS) is 10.5. The minimum absolute atomic E-state index is 0.111. The molecule has 0 N–H and O–H groups in total. The van der Waals surface area contributed by atoms with Gasteiger partial charge in [-0.1, -0.05) is 31.4 Å². The molecule has 5 heteroatoms. The molecule has 0 aliphatic heterocycles. The van der Waals surface area contributed by atoms with Gasteiger partial charge in [0.25, 0.3) is 0 Å². The Hall–Kier alpha value is -2.63. The fourth-order valence-corrected chi connectivity index (χ4v) is 3.09. The second-order valence-corrected chi connectivity index (χ2v) is 7.20. The molecule has 0 radical (unpaired) electrons. The average Bonchev–Trinajstić information content (AvgIpc) is 2.67. The molecule has 0 amide bonds. The average molecular weight is 380 g/mol. The molecule has 0 aliphatic rings. The first-order valence-electron chi connectivity index (χ1n) is 7.63. The van der Waals surface area contributed by atoms with Crippen LogP contribution in [-0.2, 0) is 9.59 Å². The Bertz CT molecular complexity index is 863. The van der Waals surface area contributed by atoms with Gasteiger partial charge in [0.15, 0.2) is 5.78 Å². The minimum Gasteiger partial charge on any atom is -0.289 e. The van der Waals surface area contributed by atoms with Crippen LogP contribution in [0.1, 0.15) is 15.9 Å². The van der Waals surface area contributed by atoms with Crippen LogP contribution >= 0.6 is 23.5 Å². The van der Waals surface area contributed by atoms with Gasteiger partial charge in [0.05, 0.1) is 0 Å². The summed E-state index contributed by atoms with van der Waals surface area (Å²) in [6, 6.07) is 14.1. The van der Waals surface area contributed by atoms with Crippen molar-refractivity contribution in [1.82, 2.24) is 0 Å². The topological polar surface area (TPSA) is 51.2 Å². The highest BCUT2D eigenvalue weighted by Gasteiger charge is 2.04. The quantitative estimate of drug-likeness (QED) is 0.376. The second-order valence-electron chi connectivity index (χ2n) is 5.04. The zero-order valence-electron chi connectivity index (χ0n) is 13.9. The van der Waals surface area contributed by atoms with Crippen molar-refractivity contribution in [1.29, 1.82) is 0 Å². The van der Waals surface area contributed by atoms with Gasteiger partial charge in [0.2, 0.25) is 10.2 Å². The van der Waals surface area contributed by atoms with Crippen molar-refractivity contribution in [2.45, 2.75) is 9.79 Å². The zero-order chi connectivity index (χ0) is 18.9. The molecule has 3 nitrogen and oxygen atoms in total. The van der Waals surface area contributed by atoms with Gasteiger partial charge < -0.3 is 0 Å². The van der Waals surface area contributed by atoms with Crippen molar-refractivity contribution in [3.05, 3.63) is 91.0 Å².